The van der Waals surface area contributed by atoms with Crippen LogP contribution in [0.2, 0.25) is 0 Å². The largest absolute Gasteiger partial charge is 0.355 e. The molecule has 5 aromatic rings. The summed E-state index contributed by atoms with van der Waals surface area (Å²) in [4.78, 5) is 3.51. The molecule has 0 saturated heterocycles. The second kappa shape index (κ2) is 6.15. The number of aromatic amines is 1. The summed E-state index contributed by atoms with van der Waals surface area (Å²) in [5.41, 5.74) is 7.25. The quantitative estimate of drug-likeness (QED) is 0.319. The van der Waals surface area contributed by atoms with Crippen LogP contribution in [-0.2, 0) is 0 Å². The van der Waals surface area contributed by atoms with E-state index in [-0.39, 0.29) is 0 Å². The molecule has 0 amide bonds. The number of hydrogen-bond donors (Lipinski definition) is 1. The number of nitrogens with one attached hydrogen (secondary N) is 1. The third-order valence-corrected chi connectivity index (χ3v) is 5.55. The first-order valence-corrected chi connectivity index (χ1v) is 9.45. The van der Waals surface area contributed by atoms with Gasteiger partial charge in [-0.3, -0.25) is 0 Å². The molecule has 0 saturated carbocycles. The van der Waals surface area contributed by atoms with Gasteiger partial charge in [0.2, 0.25) is 0 Å². The van der Waals surface area contributed by atoms with Gasteiger partial charge in [-0.2, -0.15) is 0 Å². The maximum atomic E-state index is 3.78. The predicted molar refractivity (Wildman–Crippen MR) is 114 cm³/mol. The van der Waals surface area contributed by atoms with E-state index in [1.807, 2.05) is 0 Å². The van der Waals surface area contributed by atoms with E-state index in [4.69, 9.17) is 0 Å². The zero-order chi connectivity index (χ0) is 17.5. The molecule has 0 atom stereocenters. The number of aromatic nitrogens is 1. The van der Waals surface area contributed by atoms with Crippen LogP contribution in [-0.4, -0.2) is 4.98 Å². The Kier molecular flexibility index (Phi) is 3.65. The normalized spacial score (nSPS) is 11.3. The highest BCUT2D eigenvalue weighted by Crippen LogP contribution is 2.39. The van der Waals surface area contributed by atoms with Gasteiger partial charge in [0.25, 0.3) is 0 Å². The smallest absolute Gasteiger partial charge is 0.0465 e. The second-order valence-electron chi connectivity index (χ2n) is 6.46. The predicted octanol–water partition coefficient (Wildman–Crippen LogP) is 7.42. The zero-order valence-electron chi connectivity index (χ0n) is 14.0. The fourth-order valence-corrected chi connectivity index (χ4v) is 4.27. The topological polar surface area (TPSA) is 15.8 Å². The van der Waals surface area contributed by atoms with Crippen molar-refractivity contribution in [1.29, 1.82) is 0 Å². The van der Waals surface area contributed by atoms with E-state index in [1.165, 1.54) is 44.1 Å². The Balaban J connectivity index is 1.79. The first-order chi connectivity index (χ1) is 12.8. The highest BCUT2D eigenvalue weighted by Gasteiger charge is 2.13. The summed E-state index contributed by atoms with van der Waals surface area (Å²) in [6.07, 6.45) is 0. The lowest BCUT2D eigenvalue weighted by Crippen LogP contribution is -1.87. The van der Waals surface area contributed by atoms with Crippen molar-refractivity contribution >= 4 is 37.7 Å². The Morgan fingerprint density at radius 1 is 0.577 bits per heavy atom. The molecule has 0 bridgehead atoms. The number of para-hydroxylation sites is 1. The molecule has 2 heteroatoms. The molecule has 0 fully saturated rings. The van der Waals surface area contributed by atoms with Gasteiger partial charge >= 0.3 is 0 Å². The van der Waals surface area contributed by atoms with Gasteiger partial charge in [-0.05, 0) is 41.0 Å². The van der Waals surface area contributed by atoms with E-state index in [9.17, 15) is 0 Å². The average Bonchev–Trinajstić information content (AvgIpc) is 3.06. The van der Waals surface area contributed by atoms with Crippen molar-refractivity contribution in [2.45, 2.75) is 0 Å². The average molecular weight is 398 g/mol. The molecule has 1 nitrogen and oxygen atoms in total. The fraction of sp³-hybridized carbons (Fsp3) is 0. The molecule has 1 N–H and O–H groups in total. The number of rotatable bonds is 2. The summed E-state index contributed by atoms with van der Waals surface area (Å²) >= 11 is 3.78. The van der Waals surface area contributed by atoms with Crippen LogP contribution in [0.3, 0.4) is 0 Å². The van der Waals surface area contributed by atoms with E-state index in [1.54, 1.807) is 0 Å². The van der Waals surface area contributed by atoms with Crippen molar-refractivity contribution in [3.63, 3.8) is 0 Å². The number of halogens is 1. The summed E-state index contributed by atoms with van der Waals surface area (Å²) < 4.78 is 1.11. The molecule has 26 heavy (non-hydrogen) atoms. The summed E-state index contributed by atoms with van der Waals surface area (Å²) in [6.45, 7) is 0. The summed E-state index contributed by atoms with van der Waals surface area (Å²) in [5.74, 6) is 0. The van der Waals surface area contributed by atoms with Crippen LogP contribution in [0.5, 0.6) is 0 Å². The third kappa shape index (κ3) is 2.46. The highest BCUT2D eigenvalue weighted by atomic mass is 79.9. The van der Waals surface area contributed by atoms with Gasteiger partial charge in [-0.1, -0.05) is 82.7 Å². The van der Waals surface area contributed by atoms with Crippen LogP contribution in [0.1, 0.15) is 0 Å². The van der Waals surface area contributed by atoms with Crippen molar-refractivity contribution in [3.05, 3.63) is 95.5 Å². The minimum Gasteiger partial charge on any atom is -0.355 e. The van der Waals surface area contributed by atoms with E-state index in [2.05, 4.69) is 112 Å². The number of hydrogen-bond acceptors (Lipinski definition) is 0. The highest BCUT2D eigenvalue weighted by molar-refractivity contribution is 9.10. The van der Waals surface area contributed by atoms with Crippen molar-refractivity contribution in [1.82, 2.24) is 4.98 Å². The van der Waals surface area contributed by atoms with Crippen molar-refractivity contribution in [3.8, 4) is 22.3 Å². The third-order valence-electron chi connectivity index (χ3n) is 4.89. The standard InChI is InChI=1S/C24H16BrN/c25-21-11-6-10-18(16-7-2-1-3-8-16)24(21)17-13-14-23-20(15-17)19-9-4-5-12-22(19)26-23/h1-15,26H. The summed E-state index contributed by atoms with van der Waals surface area (Å²) in [6, 6.07) is 32.1. The van der Waals surface area contributed by atoms with Crippen LogP contribution in [0.4, 0.5) is 0 Å². The van der Waals surface area contributed by atoms with Crippen LogP contribution in [0.15, 0.2) is 95.5 Å². The van der Waals surface area contributed by atoms with Gasteiger partial charge in [-0.15, -0.1) is 0 Å². The lowest BCUT2D eigenvalue weighted by atomic mass is 9.94. The van der Waals surface area contributed by atoms with Gasteiger partial charge in [0, 0.05) is 31.8 Å². The molecule has 1 heterocycles. The van der Waals surface area contributed by atoms with Gasteiger partial charge < -0.3 is 4.98 Å². The van der Waals surface area contributed by atoms with Crippen molar-refractivity contribution < 1.29 is 0 Å². The van der Waals surface area contributed by atoms with E-state index in [0.29, 0.717) is 0 Å². The molecular formula is C24H16BrN. The Morgan fingerprint density at radius 3 is 2.23 bits per heavy atom. The van der Waals surface area contributed by atoms with Gasteiger partial charge in [0.15, 0.2) is 0 Å². The van der Waals surface area contributed by atoms with Gasteiger partial charge in [0.1, 0.15) is 0 Å². The monoisotopic (exact) mass is 397 g/mol. The minimum atomic E-state index is 1.11. The van der Waals surface area contributed by atoms with Crippen LogP contribution in [0, 0.1) is 0 Å². The maximum absolute atomic E-state index is 3.78. The van der Waals surface area contributed by atoms with E-state index >= 15 is 0 Å². The van der Waals surface area contributed by atoms with Crippen LogP contribution >= 0.6 is 15.9 Å². The molecule has 5 rings (SSSR count). The van der Waals surface area contributed by atoms with Crippen molar-refractivity contribution in [2.75, 3.05) is 0 Å². The fourth-order valence-electron chi connectivity index (χ4n) is 3.68. The van der Waals surface area contributed by atoms with Crippen LogP contribution < -0.4 is 0 Å². The van der Waals surface area contributed by atoms with Crippen LogP contribution in [0.25, 0.3) is 44.1 Å². The molecule has 1 aromatic heterocycles. The maximum Gasteiger partial charge on any atom is 0.0465 e. The lowest BCUT2D eigenvalue weighted by molar-refractivity contribution is 1.53. The van der Waals surface area contributed by atoms with Gasteiger partial charge in [-0.25, -0.2) is 0 Å². The minimum absolute atomic E-state index is 1.11. The molecule has 4 aromatic carbocycles. The molecule has 0 unspecified atom stereocenters. The van der Waals surface area contributed by atoms with Gasteiger partial charge in [0.05, 0.1) is 0 Å². The van der Waals surface area contributed by atoms with E-state index in [0.717, 1.165) is 4.47 Å². The number of benzene rings is 4. The van der Waals surface area contributed by atoms with Crippen molar-refractivity contribution in [2.24, 2.45) is 0 Å². The SMILES string of the molecule is Brc1cccc(-c2ccccc2)c1-c1ccc2[nH]c3ccccc3c2c1. The Hall–Kier alpha value is -2.84. The Bertz CT molecular complexity index is 1240. The molecular weight excluding hydrogens is 382 g/mol. The molecule has 0 spiro atoms. The van der Waals surface area contributed by atoms with E-state index < -0.39 is 0 Å². The summed E-state index contributed by atoms with van der Waals surface area (Å²) in [7, 11) is 0. The molecule has 124 valence electrons. The molecule has 0 aliphatic rings. The Morgan fingerprint density at radius 2 is 1.35 bits per heavy atom. The summed E-state index contributed by atoms with van der Waals surface area (Å²) in [5, 5.41) is 2.52. The number of fused-ring (bicyclic) bond motifs is 3. The first kappa shape index (κ1) is 15.4. The zero-order valence-corrected chi connectivity index (χ0v) is 15.6. The first-order valence-electron chi connectivity index (χ1n) is 8.66. The molecule has 0 aliphatic heterocycles. The lowest BCUT2D eigenvalue weighted by Gasteiger charge is -2.13. The number of H-pyrrole nitrogens is 1. The molecule has 0 radical (unpaired) electrons. The second-order valence-corrected chi connectivity index (χ2v) is 7.31. The molecule has 0 aliphatic carbocycles. The Labute approximate surface area is 160 Å².